The molecule has 16 heavy (non-hydrogen) atoms. The molecule has 0 bridgehead atoms. The largest absolute Gasteiger partial charge is 0.0985 e. The van der Waals surface area contributed by atoms with Crippen molar-refractivity contribution in [1.82, 2.24) is 0 Å². The van der Waals surface area contributed by atoms with Crippen LogP contribution in [-0.4, -0.2) is 0 Å². The fourth-order valence-corrected chi connectivity index (χ4v) is 2.40. The summed E-state index contributed by atoms with van der Waals surface area (Å²) in [5.41, 5.74) is 4.12. The molecule has 0 aromatic heterocycles. The van der Waals surface area contributed by atoms with Gasteiger partial charge in [-0.1, -0.05) is 56.8 Å². The monoisotopic (exact) mass is 210 g/mol. The summed E-state index contributed by atoms with van der Waals surface area (Å²) in [6.07, 6.45) is 4.11. The maximum Gasteiger partial charge on any atom is -0.0143 e. The first-order chi connectivity index (χ1) is 7.81. The molecule has 0 radical (unpaired) electrons. The van der Waals surface area contributed by atoms with Crippen LogP contribution in [0.4, 0.5) is 0 Å². The average molecular weight is 210 g/mol. The van der Waals surface area contributed by atoms with Crippen LogP contribution < -0.4 is 0 Å². The van der Waals surface area contributed by atoms with Gasteiger partial charge in [-0.15, -0.1) is 0 Å². The van der Waals surface area contributed by atoms with E-state index in [0.29, 0.717) is 0 Å². The van der Waals surface area contributed by atoms with Crippen LogP contribution in [0.1, 0.15) is 30.5 Å². The van der Waals surface area contributed by atoms with E-state index >= 15 is 0 Å². The molecule has 2 aromatic rings. The number of benzene rings is 2. The molecule has 0 saturated heterocycles. The summed E-state index contributed by atoms with van der Waals surface area (Å²) < 4.78 is 0. The topological polar surface area (TPSA) is 0 Å². The van der Waals surface area contributed by atoms with E-state index in [9.17, 15) is 0 Å². The van der Waals surface area contributed by atoms with Gasteiger partial charge in [-0.2, -0.15) is 0 Å². The third-order valence-corrected chi connectivity index (χ3v) is 3.25. The van der Waals surface area contributed by atoms with Gasteiger partial charge in [0.15, 0.2) is 0 Å². The Morgan fingerprint density at radius 3 is 2.44 bits per heavy atom. The lowest BCUT2D eigenvalue weighted by Crippen LogP contribution is -1.91. The van der Waals surface area contributed by atoms with E-state index in [2.05, 4.69) is 50.8 Å². The summed E-state index contributed by atoms with van der Waals surface area (Å²) in [6.45, 7) is 8.31. The molecule has 0 aliphatic heterocycles. The molecule has 0 N–H and O–H groups in total. The highest BCUT2D eigenvalue weighted by molar-refractivity contribution is 5.91. The SMILES string of the molecule is C=Cc1ccc2c(CC)cccc2c1CC. The van der Waals surface area contributed by atoms with Gasteiger partial charge >= 0.3 is 0 Å². The quantitative estimate of drug-likeness (QED) is 0.694. The highest BCUT2D eigenvalue weighted by Gasteiger charge is 2.05. The van der Waals surface area contributed by atoms with Gasteiger partial charge in [0.25, 0.3) is 0 Å². The molecule has 0 unspecified atom stereocenters. The predicted octanol–water partition coefficient (Wildman–Crippen LogP) is 4.61. The lowest BCUT2D eigenvalue weighted by Gasteiger charge is -2.11. The molecule has 0 nitrogen and oxygen atoms in total. The number of aryl methyl sites for hydroxylation is 2. The first-order valence-electron chi connectivity index (χ1n) is 5.97. The third kappa shape index (κ3) is 1.65. The molecule has 0 spiro atoms. The molecular weight excluding hydrogens is 192 g/mol. The minimum Gasteiger partial charge on any atom is -0.0985 e. The van der Waals surface area contributed by atoms with E-state index in [4.69, 9.17) is 0 Å². The summed E-state index contributed by atoms with van der Waals surface area (Å²) in [5, 5.41) is 2.78. The second-order valence-corrected chi connectivity index (χ2v) is 4.06. The van der Waals surface area contributed by atoms with E-state index in [1.165, 1.54) is 27.5 Å². The maximum absolute atomic E-state index is 3.89. The summed E-state index contributed by atoms with van der Waals surface area (Å²) in [5.74, 6) is 0. The van der Waals surface area contributed by atoms with Crippen LogP contribution in [0.3, 0.4) is 0 Å². The molecule has 2 rings (SSSR count). The van der Waals surface area contributed by atoms with E-state index in [1.54, 1.807) is 0 Å². The minimum atomic E-state index is 1.06. The summed E-state index contributed by atoms with van der Waals surface area (Å²) in [4.78, 5) is 0. The van der Waals surface area contributed by atoms with Gasteiger partial charge in [0, 0.05) is 0 Å². The highest BCUT2D eigenvalue weighted by atomic mass is 14.1. The highest BCUT2D eigenvalue weighted by Crippen LogP contribution is 2.26. The maximum atomic E-state index is 3.89. The molecule has 82 valence electrons. The van der Waals surface area contributed by atoms with E-state index in [-0.39, 0.29) is 0 Å². The van der Waals surface area contributed by atoms with Crippen molar-refractivity contribution < 1.29 is 0 Å². The molecule has 0 fully saturated rings. The Morgan fingerprint density at radius 1 is 1.00 bits per heavy atom. The Labute approximate surface area is 97.6 Å². The van der Waals surface area contributed by atoms with E-state index in [1.807, 2.05) is 6.08 Å². The molecule has 0 amide bonds. The second-order valence-electron chi connectivity index (χ2n) is 4.06. The van der Waals surface area contributed by atoms with Crippen molar-refractivity contribution in [3.05, 3.63) is 53.6 Å². The smallest absolute Gasteiger partial charge is 0.0143 e. The Kier molecular flexibility index (Phi) is 3.09. The summed E-state index contributed by atoms with van der Waals surface area (Å²) in [7, 11) is 0. The Morgan fingerprint density at radius 2 is 1.81 bits per heavy atom. The van der Waals surface area contributed by atoms with Gasteiger partial charge in [0.05, 0.1) is 0 Å². The Hall–Kier alpha value is -1.56. The van der Waals surface area contributed by atoms with Crippen LogP contribution in [0.2, 0.25) is 0 Å². The van der Waals surface area contributed by atoms with Crippen molar-refractivity contribution in [3.8, 4) is 0 Å². The summed E-state index contributed by atoms with van der Waals surface area (Å²) in [6, 6.07) is 11.0. The van der Waals surface area contributed by atoms with Crippen LogP contribution >= 0.6 is 0 Å². The van der Waals surface area contributed by atoms with E-state index < -0.39 is 0 Å². The van der Waals surface area contributed by atoms with Gasteiger partial charge in [-0.25, -0.2) is 0 Å². The Bertz CT molecular complexity index is 521. The first-order valence-corrected chi connectivity index (χ1v) is 5.97. The van der Waals surface area contributed by atoms with Crippen LogP contribution in [0, 0.1) is 0 Å². The van der Waals surface area contributed by atoms with Crippen molar-refractivity contribution in [2.75, 3.05) is 0 Å². The van der Waals surface area contributed by atoms with E-state index in [0.717, 1.165) is 12.8 Å². The molecule has 0 heteroatoms. The fraction of sp³-hybridized carbons (Fsp3) is 0.250. The second kappa shape index (κ2) is 4.52. The summed E-state index contributed by atoms with van der Waals surface area (Å²) >= 11 is 0. The average Bonchev–Trinajstić information content (AvgIpc) is 2.36. The minimum absolute atomic E-state index is 1.06. The number of rotatable bonds is 3. The van der Waals surface area contributed by atoms with Gasteiger partial charge < -0.3 is 0 Å². The molecule has 2 aromatic carbocycles. The normalized spacial score (nSPS) is 10.6. The number of hydrogen-bond donors (Lipinski definition) is 0. The van der Waals surface area contributed by atoms with Crippen LogP contribution in [0.15, 0.2) is 36.9 Å². The Balaban J connectivity index is 2.83. The van der Waals surface area contributed by atoms with Crippen molar-refractivity contribution in [2.45, 2.75) is 26.7 Å². The molecule has 0 atom stereocenters. The van der Waals surface area contributed by atoms with Gasteiger partial charge in [0.1, 0.15) is 0 Å². The molecular formula is C16H18. The zero-order valence-electron chi connectivity index (χ0n) is 10.1. The molecule has 0 heterocycles. The van der Waals surface area contributed by atoms with Gasteiger partial charge in [-0.3, -0.25) is 0 Å². The predicted molar refractivity (Wildman–Crippen MR) is 72.8 cm³/mol. The number of hydrogen-bond acceptors (Lipinski definition) is 0. The van der Waals surface area contributed by atoms with Crippen molar-refractivity contribution in [1.29, 1.82) is 0 Å². The van der Waals surface area contributed by atoms with Crippen LogP contribution in [0.25, 0.3) is 16.8 Å². The third-order valence-electron chi connectivity index (χ3n) is 3.25. The van der Waals surface area contributed by atoms with Crippen molar-refractivity contribution in [3.63, 3.8) is 0 Å². The number of fused-ring (bicyclic) bond motifs is 1. The van der Waals surface area contributed by atoms with Gasteiger partial charge in [0.2, 0.25) is 0 Å². The van der Waals surface area contributed by atoms with Crippen LogP contribution in [0.5, 0.6) is 0 Å². The standard InChI is InChI=1S/C16H18/c1-4-12-8-7-9-16-14(6-3)13(5-2)10-11-15(12)16/h5,7-11H,2,4,6H2,1,3H3. The van der Waals surface area contributed by atoms with Gasteiger partial charge in [-0.05, 0) is 40.3 Å². The zero-order chi connectivity index (χ0) is 11.5. The zero-order valence-corrected chi connectivity index (χ0v) is 10.1. The molecule has 0 aliphatic rings. The van der Waals surface area contributed by atoms with Crippen molar-refractivity contribution in [2.24, 2.45) is 0 Å². The molecule has 0 aliphatic carbocycles. The lowest BCUT2D eigenvalue weighted by atomic mass is 9.94. The van der Waals surface area contributed by atoms with Crippen molar-refractivity contribution >= 4 is 16.8 Å². The first kappa shape index (κ1) is 10.9. The lowest BCUT2D eigenvalue weighted by molar-refractivity contribution is 1.14. The molecule has 0 saturated carbocycles. The van der Waals surface area contributed by atoms with Crippen LogP contribution in [-0.2, 0) is 12.8 Å². The fourth-order valence-electron chi connectivity index (χ4n) is 2.40.